The topological polar surface area (TPSA) is 108 Å². The lowest BCUT2D eigenvalue weighted by atomic mass is 10.2. The number of nitrogens with one attached hydrogen (secondary N) is 2. The molecule has 1 amide bonds. The Morgan fingerprint density at radius 3 is 2.59 bits per heavy atom. The number of benzene rings is 2. The van der Waals surface area contributed by atoms with E-state index in [1.54, 1.807) is 19.1 Å². The molecular formula is C19H24FN3O5S. The highest BCUT2D eigenvalue weighted by Gasteiger charge is 2.20. The van der Waals surface area contributed by atoms with Crippen molar-refractivity contribution in [3.63, 3.8) is 0 Å². The molecule has 0 unspecified atom stereocenters. The van der Waals surface area contributed by atoms with Gasteiger partial charge in [-0.2, -0.15) is 0 Å². The quantitative estimate of drug-likeness (QED) is 0.566. The lowest BCUT2D eigenvalue weighted by Crippen LogP contribution is -2.24. The van der Waals surface area contributed by atoms with Crippen LogP contribution in [0.4, 0.5) is 15.8 Å². The third-order valence-corrected chi connectivity index (χ3v) is 5.92. The Bertz CT molecular complexity index is 980. The van der Waals surface area contributed by atoms with Crippen LogP contribution in [0.25, 0.3) is 0 Å². The highest BCUT2D eigenvalue weighted by atomic mass is 32.2. The number of sulfonamides is 1. The molecule has 158 valence electrons. The van der Waals surface area contributed by atoms with E-state index in [0.717, 1.165) is 10.4 Å². The second-order valence-corrected chi connectivity index (χ2v) is 8.50. The van der Waals surface area contributed by atoms with Gasteiger partial charge in [0.05, 0.1) is 23.7 Å². The summed E-state index contributed by atoms with van der Waals surface area (Å²) in [7, 11) is -0.779. The molecule has 2 aromatic carbocycles. The van der Waals surface area contributed by atoms with Crippen LogP contribution in [-0.4, -0.2) is 57.6 Å². The highest BCUT2D eigenvalue weighted by molar-refractivity contribution is 7.89. The van der Waals surface area contributed by atoms with Gasteiger partial charge in [0.25, 0.3) is 0 Å². The molecule has 3 N–H and O–H groups in total. The molecule has 0 atom stereocenters. The number of hydrogen-bond donors (Lipinski definition) is 3. The van der Waals surface area contributed by atoms with Crippen molar-refractivity contribution < 1.29 is 27.4 Å². The first-order chi connectivity index (χ1) is 13.6. The van der Waals surface area contributed by atoms with Crippen molar-refractivity contribution in [2.24, 2.45) is 0 Å². The Morgan fingerprint density at radius 1 is 1.21 bits per heavy atom. The first kappa shape index (κ1) is 22.6. The highest BCUT2D eigenvalue weighted by Crippen LogP contribution is 2.25. The van der Waals surface area contributed by atoms with Crippen LogP contribution in [0.2, 0.25) is 0 Å². The number of aliphatic hydroxyl groups excluding tert-OH is 1. The van der Waals surface area contributed by atoms with E-state index in [4.69, 9.17) is 9.84 Å². The Hall–Kier alpha value is -2.69. The van der Waals surface area contributed by atoms with Gasteiger partial charge in [0, 0.05) is 25.8 Å². The molecule has 0 spiro atoms. The second kappa shape index (κ2) is 9.68. The maximum Gasteiger partial charge on any atom is 0.243 e. The van der Waals surface area contributed by atoms with Crippen molar-refractivity contribution >= 4 is 27.3 Å². The third kappa shape index (κ3) is 5.89. The number of carbonyl (C=O) groups is 1. The van der Waals surface area contributed by atoms with Crippen LogP contribution in [0, 0.1) is 12.7 Å². The predicted octanol–water partition coefficient (Wildman–Crippen LogP) is 1.81. The largest absolute Gasteiger partial charge is 0.489 e. The molecule has 10 heteroatoms. The van der Waals surface area contributed by atoms with E-state index in [0.29, 0.717) is 16.9 Å². The molecule has 0 aromatic heterocycles. The standard InChI is InChI=1S/C19H24FN3O5S/c1-13-4-6-15(11-18(13)29(26,27)23(2)3)22-19(25)12-21-16-7-5-14(20)10-17(16)28-9-8-24/h4-7,10-11,21,24H,8-9,12H2,1-3H3,(H,22,25). The van der Waals surface area contributed by atoms with Gasteiger partial charge < -0.3 is 20.5 Å². The molecule has 2 aromatic rings. The van der Waals surface area contributed by atoms with Gasteiger partial charge in [0.15, 0.2) is 0 Å². The molecule has 0 bridgehead atoms. The smallest absolute Gasteiger partial charge is 0.243 e. The van der Waals surface area contributed by atoms with Gasteiger partial charge in [-0.1, -0.05) is 6.07 Å². The minimum absolute atomic E-state index is 0.0170. The summed E-state index contributed by atoms with van der Waals surface area (Å²) in [4.78, 5) is 12.4. The van der Waals surface area contributed by atoms with Gasteiger partial charge in [0.2, 0.25) is 15.9 Å². The molecule has 0 fully saturated rings. The van der Waals surface area contributed by atoms with E-state index >= 15 is 0 Å². The normalized spacial score (nSPS) is 11.4. The fourth-order valence-electron chi connectivity index (χ4n) is 2.45. The van der Waals surface area contributed by atoms with Crippen LogP contribution in [0.3, 0.4) is 0 Å². The zero-order chi connectivity index (χ0) is 21.6. The Balaban J connectivity index is 2.09. The van der Waals surface area contributed by atoms with E-state index < -0.39 is 21.7 Å². The molecule has 29 heavy (non-hydrogen) atoms. The summed E-state index contributed by atoms with van der Waals surface area (Å²) in [5, 5.41) is 14.3. The summed E-state index contributed by atoms with van der Waals surface area (Å²) >= 11 is 0. The fourth-order valence-corrected chi connectivity index (χ4v) is 3.59. The van der Waals surface area contributed by atoms with E-state index in [2.05, 4.69) is 10.6 Å². The molecule has 0 radical (unpaired) electrons. The maximum absolute atomic E-state index is 13.4. The van der Waals surface area contributed by atoms with E-state index in [1.165, 1.54) is 32.3 Å². The number of carbonyl (C=O) groups excluding carboxylic acids is 1. The van der Waals surface area contributed by atoms with Crippen LogP contribution in [0.1, 0.15) is 5.56 Å². The first-order valence-corrected chi connectivity index (χ1v) is 10.2. The minimum atomic E-state index is -3.65. The molecule has 2 rings (SSSR count). The van der Waals surface area contributed by atoms with Crippen molar-refractivity contribution in [2.45, 2.75) is 11.8 Å². The Kier molecular flexibility index (Phi) is 7.54. The zero-order valence-corrected chi connectivity index (χ0v) is 17.2. The van der Waals surface area contributed by atoms with Crippen molar-refractivity contribution in [3.8, 4) is 5.75 Å². The number of amides is 1. The van der Waals surface area contributed by atoms with Crippen LogP contribution < -0.4 is 15.4 Å². The van der Waals surface area contributed by atoms with Gasteiger partial charge in [0.1, 0.15) is 18.2 Å². The molecule has 0 heterocycles. The number of aryl methyl sites for hydroxylation is 1. The number of anilines is 2. The van der Waals surface area contributed by atoms with Crippen LogP contribution in [-0.2, 0) is 14.8 Å². The maximum atomic E-state index is 13.4. The minimum Gasteiger partial charge on any atom is -0.489 e. The summed E-state index contributed by atoms with van der Waals surface area (Å²) in [5.74, 6) is -0.775. The molecule has 0 aliphatic rings. The van der Waals surface area contributed by atoms with Gasteiger partial charge in [-0.15, -0.1) is 0 Å². The summed E-state index contributed by atoms with van der Waals surface area (Å²) in [6, 6.07) is 8.40. The summed E-state index contributed by atoms with van der Waals surface area (Å²) in [5.41, 5.74) is 1.28. The third-order valence-electron chi connectivity index (χ3n) is 3.96. The molecule has 8 nitrogen and oxygen atoms in total. The summed E-state index contributed by atoms with van der Waals surface area (Å²) < 4.78 is 44.5. The average Bonchev–Trinajstić information content (AvgIpc) is 2.66. The van der Waals surface area contributed by atoms with Crippen LogP contribution >= 0.6 is 0 Å². The van der Waals surface area contributed by atoms with E-state index in [9.17, 15) is 17.6 Å². The summed E-state index contributed by atoms with van der Waals surface area (Å²) in [6.07, 6.45) is 0. The van der Waals surface area contributed by atoms with Crippen molar-refractivity contribution in [3.05, 3.63) is 47.8 Å². The molecule has 0 aliphatic heterocycles. The second-order valence-electron chi connectivity index (χ2n) is 6.38. The number of ether oxygens (including phenoxy) is 1. The van der Waals surface area contributed by atoms with Crippen molar-refractivity contribution in [2.75, 3.05) is 44.5 Å². The number of nitrogens with zero attached hydrogens (tertiary/aromatic N) is 1. The van der Waals surface area contributed by atoms with Crippen molar-refractivity contribution in [1.29, 1.82) is 0 Å². The van der Waals surface area contributed by atoms with Gasteiger partial charge >= 0.3 is 0 Å². The SMILES string of the molecule is Cc1ccc(NC(=O)CNc2ccc(F)cc2OCCO)cc1S(=O)(=O)N(C)C. The van der Waals surface area contributed by atoms with Crippen molar-refractivity contribution in [1.82, 2.24) is 4.31 Å². The number of hydrogen-bond acceptors (Lipinski definition) is 6. The van der Waals surface area contributed by atoms with E-state index in [1.807, 2.05) is 0 Å². The molecular weight excluding hydrogens is 401 g/mol. The average molecular weight is 425 g/mol. The number of aliphatic hydroxyl groups is 1. The van der Waals surface area contributed by atoms with Crippen LogP contribution in [0.5, 0.6) is 5.75 Å². The van der Waals surface area contributed by atoms with Gasteiger partial charge in [-0.05, 0) is 36.8 Å². The molecule has 0 aliphatic carbocycles. The van der Waals surface area contributed by atoms with Crippen LogP contribution in [0.15, 0.2) is 41.3 Å². The number of rotatable bonds is 9. The lowest BCUT2D eigenvalue weighted by molar-refractivity contribution is -0.114. The molecule has 0 saturated heterocycles. The predicted molar refractivity (Wildman–Crippen MR) is 108 cm³/mol. The lowest BCUT2D eigenvalue weighted by Gasteiger charge is -2.16. The zero-order valence-electron chi connectivity index (χ0n) is 16.4. The number of halogens is 1. The monoisotopic (exact) mass is 425 g/mol. The molecule has 0 saturated carbocycles. The Labute approximate surface area is 169 Å². The van der Waals surface area contributed by atoms with E-state index in [-0.39, 0.29) is 30.4 Å². The fraction of sp³-hybridized carbons (Fsp3) is 0.316. The Morgan fingerprint density at radius 2 is 1.93 bits per heavy atom. The summed E-state index contributed by atoms with van der Waals surface area (Å²) in [6.45, 7) is 1.26. The van der Waals surface area contributed by atoms with Gasteiger partial charge in [-0.25, -0.2) is 17.1 Å². The first-order valence-electron chi connectivity index (χ1n) is 8.75. The van der Waals surface area contributed by atoms with Gasteiger partial charge in [-0.3, -0.25) is 4.79 Å².